The van der Waals surface area contributed by atoms with E-state index in [2.05, 4.69) is 9.71 Å². The molecule has 0 unspecified atom stereocenters. The van der Waals surface area contributed by atoms with E-state index < -0.39 is 15.8 Å². The number of aromatic amines is 1. The fraction of sp³-hybridized carbons (Fsp3) is 0.235. The van der Waals surface area contributed by atoms with Crippen LogP contribution in [0.1, 0.15) is 16.7 Å². The van der Waals surface area contributed by atoms with Gasteiger partial charge in [0.05, 0.1) is 11.3 Å². The van der Waals surface area contributed by atoms with Crippen molar-refractivity contribution in [2.24, 2.45) is 0 Å². The van der Waals surface area contributed by atoms with Crippen molar-refractivity contribution in [2.75, 3.05) is 6.54 Å². The van der Waals surface area contributed by atoms with Crippen LogP contribution in [0.3, 0.4) is 0 Å². The van der Waals surface area contributed by atoms with E-state index in [0.29, 0.717) is 24.1 Å². The zero-order chi connectivity index (χ0) is 17.2. The Morgan fingerprint density at radius 1 is 1.17 bits per heavy atom. The average Bonchev–Trinajstić information content (AvgIpc) is 2.88. The number of benzene rings is 2. The number of sulfonamides is 1. The number of oxazole rings is 1. The molecule has 7 heteroatoms. The van der Waals surface area contributed by atoms with E-state index in [1.54, 1.807) is 12.1 Å². The molecule has 3 aromatic rings. The molecule has 0 aliphatic rings. The Balaban J connectivity index is 1.62. The average molecular weight is 346 g/mol. The van der Waals surface area contributed by atoms with Crippen LogP contribution >= 0.6 is 0 Å². The van der Waals surface area contributed by atoms with Crippen molar-refractivity contribution in [3.8, 4) is 0 Å². The molecule has 1 heterocycles. The summed E-state index contributed by atoms with van der Waals surface area (Å²) in [6.45, 7) is 2.19. The molecular formula is C17H18N2O4S. The van der Waals surface area contributed by atoms with Gasteiger partial charge in [-0.25, -0.2) is 17.9 Å². The fourth-order valence-electron chi connectivity index (χ4n) is 2.53. The molecule has 0 aliphatic carbocycles. The minimum absolute atomic E-state index is 0.0340. The second-order valence-electron chi connectivity index (χ2n) is 5.67. The summed E-state index contributed by atoms with van der Waals surface area (Å²) in [5.74, 6) is -0.533. The highest BCUT2D eigenvalue weighted by molar-refractivity contribution is 7.88. The Bertz CT molecular complexity index is 1020. The summed E-state index contributed by atoms with van der Waals surface area (Å²) in [7, 11) is -3.39. The Hall–Kier alpha value is -2.38. The Kier molecular flexibility index (Phi) is 4.55. The normalized spacial score (nSPS) is 11.9. The molecule has 0 atom stereocenters. The van der Waals surface area contributed by atoms with Crippen molar-refractivity contribution in [2.45, 2.75) is 19.1 Å². The number of H-pyrrole nitrogens is 1. The van der Waals surface area contributed by atoms with Crippen LogP contribution in [0.15, 0.2) is 51.7 Å². The number of rotatable bonds is 6. The van der Waals surface area contributed by atoms with Crippen molar-refractivity contribution in [3.63, 3.8) is 0 Å². The van der Waals surface area contributed by atoms with Crippen LogP contribution in [-0.2, 0) is 22.2 Å². The molecule has 1 aromatic heterocycles. The third-order valence-corrected chi connectivity index (χ3v) is 5.16. The van der Waals surface area contributed by atoms with Gasteiger partial charge in [0.25, 0.3) is 0 Å². The molecule has 24 heavy (non-hydrogen) atoms. The first-order valence-electron chi connectivity index (χ1n) is 7.56. The zero-order valence-corrected chi connectivity index (χ0v) is 14.0. The molecule has 0 radical (unpaired) electrons. The van der Waals surface area contributed by atoms with Crippen LogP contribution < -0.4 is 10.5 Å². The SMILES string of the molecule is Cc1ccccc1CS(=O)(=O)NCCc1ccc2oc(=O)[nH]c2c1. The lowest BCUT2D eigenvalue weighted by atomic mass is 10.1. The van der Waals surface area contributed by atoms with Gasteiger partial charge >= 0.3 is 5.76 Å². The van der Waals surface area contributed by atoms with Gasteiger partial charge in [-0.3, -0.25) is 4.98 Å². The number of aryl methyl sites for hydroxylation is 1. The van der Waals surface area contributed by atoms with E-state index in [0.717, 1.165) is 16.7 Å². The summed E-state index contributed by atoms with van der Waals surface area (Å²) in [5, 5.41) is 0. The van der Waals surface area contributed by atoms with Crippen molar-refractivity contribution >= 4 is 21.1 Å². The lowest BCUT2D eigenvalue weighted by Crippen LogP contribution is -2.27. The maximum atomic E-state index is 12.2. The van der Waals surface area contributed by atoms with Crippen LogP contribution in [0.4, 0.5) is 0 Å². The van der Waals surface area contributed by atoms with Gasteiger partial charge in [-0.2, -0.15) is 0 Å². The van der Waals surface area contributed by atoms with Gasteiger partial charge in [0.15, 0.2) is 5.58 Å². The van der Waals surface area contributed by atoms with E-state index in [4.69, 9.17) is 4.42 Å². The van der Waals surface area contributed by atoms with E-state index in [9.17, 15) is 13.2 Å². The van der Waals surface area contributed by atoms with Gasteiger partial charge < -0.3 is 4.42 Å². The van der Waals surface area contributed by atoms with Crippen molar-refractivity contribution in [1.29, 1.82) is 0 Å². The smallest absolute Gasteiger partial charge is 0.408 e. The van der Waals surface area contributed by atoms with Crippen LogP contribution in [0.5, 0.6) is 0 Å². The monoisotopic (exact) mass is 346 g/mol. The highest BCUT2D eigenvalue weighted by Crippen LogP contribution is 2.13. The van der Waals surface area contributed by atoms with Gasteiger partial charge in [-0.15, -0.1) is 0 Å². The summed E-state index contributed by atoms with van der Waals surface area (Å²) in [6, 6.07) is 12.7. The predicted molar refractivity (Wildman–Crippen MR) is 92.3 cm³/mol. The molecule has 0 saturated carbocycles. The minimum atomic E-state index is -3.39. The zero-order valence-electron chi connectivity index (χ0n) is 13.2. The van der Waals surface area contributed by atoms with Gasteiger partial charge in [0.2, 0.25) is 10.0 Å². The molecule has 0 aliphatic heterocycles. The minimum Gasteiger partial charge on any atom is -0.408 e. The summed E-state index contributed by atoms with van der Waals surface area (Å²) < 4.78 is 31.9. The maximum Gasteiger partial charge on any atom is 0.417 e. The molecular weight excluding hydrogens is 328 g/mol. The summed E-state index contributed by atoms with van der Waals surface area (Å²) in [6.07, 6.45) is 0.524. The van der Waals surface area contributed by atoms with E-state index in [1.165, 1.54) is 0 Å². The lowest BCUT2D eigenvalue weighted by Gasteiger charge is -2.09. The maximum absolute atomic E-state index is 12.2. The third-order valence-electron chi connectivity index (χ3n) is 3.83. The molecule has 0 spiro atoms. The topological polar surface area (TPSA) is 92.2 Å². The Morgan fingerprint density at radius 3 is 2.75 bits per heavy atom. The van der Waals surface area contributed by atoms with Crippen molar-refractivity contribution < 1.29 is 12.8 Å². The second-order valence-corrected chi connectivity index (χ2v) is 7.48. The van der Waals surface area contributed by atoms with E-state index in [-0.39, 0.29) is 5.75 Å². The third kappa shape index (κ3) is 3.93. The summed E-state index contributed by atoms with van der Waals surface area (Å²) in [4.78, 5) is 13.7. The van der Waals surface area contributed by atoms with Gasteiger partial charge in [-0.05, 0) is 42.2 Å². The van der Waals surface area contributed by atoms with Crippen molar-refractivity contribution in [3.05, 3.63) is 69.7 Å². The number of hydrogen-bond donors (Lipinski definition) is 2. The molecule has 0 fully saturated rings. The molecule has 0 bridgehead atoms. The Labute approximate surface area is 139 Å². The van der Waals surface area contributed by atoms with Gasteiger partial charge in [-0.1, -0.05) is 30.3 Å². The van der Waals surface area contributed by atoms with E-state index in [1.807, 2.05) is 37.3 Å². The largest absolute Gasteiger partial charge is 0.417 e. The molecule has 126 valence electrons. The fourth-order valence-corrected chi connectivity index (χ4v) is 3.78. The predicted octanol–water partition coefficient (Wildman–Crippen LogP) is 2.09. The Morgan fingerprint density at radius 2 is 1.96 bits per heavy atom. The molecule has 0 amide bonds. The molecule has 2 aromatic carbocycles. The molecule has 6 nitrogen and oxygen atoms in total. The van der Waals surface area contributed by atoms with Crippen LogP contribution in [0.25, 0.3) is 11.1 Å². The quantitative estimate of drug-likeness (QED) is 0.715. The van der Waals surface area contributed by atoms with Crippen molar-refractivity contribution in [1.82, 2.24) is 9.71 Å². The second kappa shape index (κ2) is 6.62. The first kappa shape index (κ1) is 16.5. The highest BCUT2D eigenvalue weighted by atomic mass is 32.2. The van der Waals surface area contributed by atoms with Crippen LogP contribution in [0.2, 0.25) is 0 Å². The number of hydrogen-bond acceptors (Lipinski definition) is 4. The number of fused-ring (bicyclic) bond motifs is 1. The van der Waals surface area contributed by atoms with Crippen LogP contribution in [-0.4, -0.2) is 19.9 Å². The number of aromatic nitrogens is 1. The number of nitrogens with one attached hydrogen (secondary N) is 2. The lowest BCUT2D eigenvalue weighted by molar-refractivity contribution is 0.555. The first-order valence-corrected chi connectivity index (χ1v) is 9.22. The summed E-state index contributed by atoms with van der Waals surface area (Å²) >= 11 is 0. The summed E-state index contributed by atoms with van der Waals surface area (Å²) in [5.41, 5.74) is 3.77. The first-order chi connectivity index (χ1) is 11.4. The van der Waals surface area contributed by atoms with Crippen LogP contribution in [0, 0.1) is 6.92 Å². The van der Waals surface area contributed by atoms with E-state index >= 15 is 0 Å². The molecule has 3 rings (SSSR count). The molecule has 2 N–H and O–H groups in total. The standard InChI is InChI=1S/C17H18N2O4S/c1-12-4-2-3-5-14(12)11-24(21,22)18-9-8-13-6-7-16-15(10-13)19-17(20)23-16/h2-7,10,18H,8-9,11H2,1H3,(H,19,20). The van der Waals surface area contributed by atoms with Gasteiger partial charge in [0, 0.05) is 6.54 Å². The molecule has 0 saturated heterocycles. The highest BCUT2D eigenvalue weighted by Gasteiger charge is 2.12. The van der Waals surface area contributed by atoms with Gasteiger partial charge in [0.1, 0.15) is 0 Å².